The predicted octanol–water partition coefficient (Wildman–Crippen LogP) is 7.16. The van der Waals surface area contributed by atoms with Crippen LogP contribution in [0.25, 0.3) is 0 Å². The van der Waals surface area contributed by atoms with Gasteiger partial charge in [0.05, 0.1) is 12.7 Å². The molecule has 0 saturated heterocycles. The summed E-state index contributed by atoms with van der Waals surface area (Å²) in [6.07, 6.45) is -16.4. The molecule has 0 heterocycles. The molecule has 0 amide bonds. The molecule has 3 rings (SSSR count). The summed E-state index contributed by atoms with van der Waals surface area (Å²) in [5.41, 5.74) is -5.25. The molecule has 14 heteroatoms. The van der Waals surface area contributed by atoms with E-state index >= 15 is 0 Å². The molecule has 0 aromatic heterocycles. The normalized spacial score (nSPS) is 26.6. The molecule has 2 saturated carbocycles. The molecule has 39 heavy (non-hydrogen) atoms. The SMILES string of the molecule is CCC(C)c1ccc(C(OCOC2CC3CC(COCC(O)(F)C(F)(F)F)C2C3)(C(F)(F)F)C(F)(F)F)cc1. The van der Waals surface area contributed by atoms with Gasteiger partial charge in [-0.05, 0) is 54.9 Å². The van der Waals surface area contributed by atoms with E-state index in [2.05, 4.69) is 4.74 Å². The lowest BCUT2D eigenvalue weighted by Gasteiger charge is -2.38. The summed E-state index contributed by atoms with van der Waals surface area (Å²) in [7, 11) is 0. The molecule has 6 atom stereocenters. The van der Waals surface area contributed by atoms with E-state index in [0.717, 1.165) is 12.1 Å². The zero-order chi connectivity index (χ0) is 29.4. The number of hydrogen-bond donors (Lipinski definition) is 1. The molecular formula is C25H30F10O4. The van der Waals surface area contributed by atoms with Gasteiger partial charge < -0.3 is 19.3 Å². The Morgan fingerprint density at radius 1 is 0.872 bits per heavy atom. The highest BCUT2D eigenvalue weighted by molar-refractivity contribution is 5.32. The van der Waals surface area contributed by atoms with Gasteiger partial charge in [0.2, 0.25) is 0 Å². The lowest BCUT2D eigenvalue weighted by Crippen LogP contribution is -2.56. The minimum absolute atomic E-state index is 0.0523. The fourth-order valence-electron chi connectivity index (χ4n) is 5.47. The summed E-state index contributed by atoms with van der Waals surface area (Å²) >= 11 is 0. The van der Waals surface area contributed by atoms with Crippen LogP contribution in [0.15, 0.2) is 24.3 Å². The summed E-state index contributed by atoms with van der Waals surface area (Å²) < 4.78 is 150. The second-order valence-electron chi connectivity index (χ2n) is 10.3. The maximum absolute atomic E-state index is 14.1. The summed E-state index contributed by atoms with van der Waals surface area (Å²) in [5.74, 6) is -5.64. The Hall–Kier alpha value is -1.64. The van der Waals surface area contributed by atoms with Crippen LogP contribution in [-0.2, 0) is 19.8 Å². The van der Waals surface area contributed by atoms with Crippen molar-refractivity contribution >= 4 is 0 Å². The topological polar surface area (TPSA) is 47.9 Å². The quantitative estimate of drug-likeness (QED) is 0.222. The Morgan fingerprint density at radius 2 is 1.46 bits per heavy atom. The van der Waals surface area contributed by atoms with Crippen LogP contribution in [0.4, 0.5) is 43.9 Å². The predicted molar refractivity (Wildman–Crippen MR) is 117 cm³/mol. The van der Waals surface area contributed by atoms with Crippen LogP contribution in [0.3, 0.4) is 0 Å². The zero-order valence-corrected chi connectivity index (χ0v) is 21.1. The molecule has 1 aromatic carbocycles. The summed E-state index contributed by atoms with van der Waals surface area (Å²) in [5, 5.41) is 8.84. The minimum Gasteiger partial charge on any atom is -0.375 e. The van der Waals surface area contributed by atoms with Crippen LogP contribution >= 0.6 is 0 Å². The second-order valence-corrected chi connectivity index (χ2v) is 10.3. The van der Waals surface area contributed by atoms with Crippen LogP contribution < -0.4 is 0 Å². The summed E-state index contributed by atoms with van der Waals surface area (Å²) in [6, 6.07) is 3.86. The van der Waals surface area contributed by atoms with Crippen molar-refractivity contribution in [2.24, 2.45) is 17.8 Å². The number of rotatable bonds is 11. The van der Waals surface area contributed by atoms with E-state index in [9.17, 15) is 43.9 Å². The van der Waals surface area contributed by atoms with Crippen molar-refractivity contribution in [3.8, 4) is 0 Å². The first kappa shape index (κ1) is 31.9. The number of halogens is 10. The van der Waals surface area contributed by atoms with E-state index in [4.69, 9.17) is 14.6 Å². The number of alkyl halides is 10. The number of benzene rings is 1. The number of hydrogen-bond acceptors (Lipinski definition) is 4. The molecule has 2 fully saturated rings. The lowest BCUT2D eigenvalue weighted by molar-refractivity contribution is -0.403. The maximum Gasteiger partial charge on any atom is 0.450 e. The summed E-state index contributed by atoms with van der Waals surface area (Å²) in [4.78, 5) is 0. The van der Waals surface area contributed by atoms with Crippen molar-refractivity contribution in [1.29, 1.82) is 0 Å². The van der Waals surface area contributed by atoms with Gasteiger partial charge in [-0.15, -0.1) is 0 Å². The van der Waals surface area contributed by atoms with Gasteiger partial charge in [0.25, 0.3) is 5.60 Å². The van der Waals surface area contributed by atoms with Gasteiger partial charge in [0.15, 0.2) is 0 Å². The standard InChI is InChI=1S/C25H30F10O4/c1-3-14(2)16-4-6-18(7-5-16)22(24(30,31)32,25(33,34)35)39-13-38-20-10-15-8-17(19(20)9-15)11-37-12-21(26,36)23(27,28)29/h4-7,14-15,17,19-20,36H,3,8-13H2,1-2H3. The third-order valence-electron chi connectivity index (χ3n) is 7.80. The largest absolute Gasteiger partial charge is 0.450 e. The minimum atomic E-state index is -5.89. The van der Waals surface area contributed by atoms with Gasteiger partial charge in [-0.2, -0.15) is 43.9 Å². The molecule has 6 unspecified atom stereocenters. The first-order chi connectivity index (χ1) is 17.8. The third kappa shape index (κ3) is 6.48. The Bertz CT molecular complexity index is 928. The molecule has 0 aliphatic heterocycles. The fourth-order valence-corrected chi connectivity index (χ4v) is 5.47. The van der Waals surface area contributed by atoms with Crippen LogP contribution in [0.2, 0.25) is 0 Å². The van der Waals surface area contributed by atoms with E-state index in [1.807, 2.05) is 6.92 Å². The fraction of sp³-hybridized carbons (Fsp3) is 0.760. The van der Waals surface area contributed by atoms with E-state index in [1.165, 1.54) is 12.1 Å². The molecular weight excluding hydrogens is 554 g/mol. The van der Waals surface area contributed by atoms with Crippen LogP contribution in [0, 0.1) is 17.8 Å². The third-order valence-corrected chi connectivity index (χ3v) is 7.80. The first-order valence-electron chi connectivity index (χ1n) is 12.4. The van der Waals surface area contributed by atoms with Crippen molar-refractivity contribution in [3.63, 3.8) is 0 Å². The van der Waals surface area contributed by atoms with Gasteiger partial charge in [0.1, 0.15) is 13.4 Å². The highest BCUT2D eigenvalue weighted by Crippen LogP contribution is 2.54. The van der Waals surface area contributed by atoms with Gasteiger partial charge in [-0.1, -0.05) is 38.1 Å². The highest BCUT2D eigenvalue weighted by Gasteiger charge is 2.73. The average molecular weight is 584 g/mol. The summed E-state index contributed by atoms with van der Waals surface area (Å²) in [6.45, 7) is 0.175. The van der Waals surface area contributed by atoms with Crippen LogP contribution in [-0.4, -0.2) is 55.6 Å². The van der Waals surface area contributed by atoms with E-state index in [0.29, 0.717) is 31.2 Å². The molecule has 0 radical (unpaired) electrons. The van der Waals surface area contributed by atoms with E-state index in [1.54, 1.807) is 6.92 Å². The first-order valence-corrected chi connectivity index (χ1v) is 12.4. The molecule has 0 spiro atoms. The highest BCUT2D eigenvalue weighted by atomic mass is 19.4. The molecule has 1 N–H and O–H groups in total. The Labute approximate surface area is 218 Å². The number of ether oxygens (including phenoxy) is 3. The van der Waals surface area contributed by atoms with E-state index < -0.39 is 73.5 Å². The molecule has 2 bridgehead atoms. The van der Waals surface area contributed by atoms with Crippen molar-refractivity contribution in [3.05, 3.63) is 35.4 Å². The second kappa shape index (κ2) is 11.3. The Morgan fingerprint density at radius 3 is 1.95 bits per heavy atom. The lowest BCUT2D eigenvalue weighted by atomic mass is 9.87. The Kier molecular flexibility index (Phi) is 9.26. The average Bonchev–Trinajstić information content (AvgIpc) is 3.39. The zero-order valence-electron chi connectivity index (χ0n) is 21.1. The van der Waals surface area contributed by atoms with Gasteiger partial charge in [0, 0.05) is 5.56 Å². The Balaban J connectivity index is 1.69. The maximum atomic E-state index is 14.1. The van der Waals surface area contributed by atoms with Gasteiger partial charge in [-0.3, -0.25) is 0 Å². The molecule has 2 aliphatic carbocycles. The molecule has 4 nitrogen and oxygen atoms in total. The van der Waals surface area contributed by atoms with Crippen LogP contribution in [0.1, 0.15) is 56.6 Å². The van der Waals surface area contributed by atoms with Crippen molar-refractivity contribution in [2.45, 2.75) is 81.5 Å². The number of aliphatic hydroxyl groups is 1. The van der Waals surface area contributed by atoms with E-state index in [-0.39, 0.29) is 11.8 Å². The molecule has 2 aliphatic rings. The smallest absolute Gasteiger partial charge is 0.375 e. The van der Waals surface area contributed by atoms with Crippen molar-refractivity contribution < 1.29 is 63.2 Å². The van der Waals surface area contributed by atoms with Crippen molar-refractivity contribution in [2.75, 3.05) is 20.0 Å². The van der Waals surface area contributed by atoms with Crippen molar-refractivity contribution in [1.82, 2.24) is 0 Å². The molecule has 224 valence electrons. The van der Waals surface area contributed by atoms with Crippen LogP contribution in [0.5, 0.6) is 0 Å². The monoisotopic (exact) mass is 584 g/mol. The number of fused-ring (bicyclic) bond motifs is 2. The molecule has 1 aromatic rings. The van der Waals surface area contributed by atoms with Gasteiger partial charge >= 0.3 is 24.4 Å². The van der Waals surface area contributed by atoms with Gasteiger partial charge in [-0.25, -0.2) is 0 Å².